The van der Waals surface area contributed by atoms with Gasteiger partial charge in [-0.1, -0.05) is 0 Å². The molecule has 0 radical (unpaired) electrons. The van der Waals surface area contributed by atoms with Crippen LogP contribution in [0.2, 0.25) is 0 Å². The van der Waals surface area contributed by atoms with Crippen molar-refractivity contribution in [1.29, 1.82) is 0 Å². The minimum absolute atomic E-state index is 0.161. The van der Waals surface area contributed by atoms with Gasteiger partial charge in [0.05, 0.1) is 22.5 Å². The van der Waals surface area contributed by atoms with Crippen LogP contribution in [0.1, 0.15) is 6.92 Å². The highest BCUT2D eigenvalue weighted by molar-refractivity contribution is 7.89. The van der Waals surface area contributed by atoms with Crippen LogP contribution >= 0.6 is 0 Å². The molecule has 0 amide bonds. The zero-order valence-electron chi connectivity index (χ0n) is 10.9. The number of aliphatic carboxylic acids is 1. The molecule has 0 saturated heterocycles. The van der Waals surface area contributed by atoms with Crippen molar-refractivity contribution in [2.24, 2.45) is 0 Å². The van der Waals surface area contributed by atoms with Crippen molar-refractivity contribution < 1.29 is 23.4 Å². The third-order valence-corrected chi connectivity index (χ3v) is 4.26. The molecule has 9 nitrogen and oxygen atoms in total. The Balaban J connectivity index is 2.29. The number of sulfonamides is 1. The maximum absolute atomic E-state index is 12.0. The van der Waals surface area contributed by atoms with Gasteiger partial charge in [-0.25, -0.2) is 22.7 Å². The largest absolute Gasteiger partial charge is 0.479 e. The smallest absolute Gasteiger partial charge is 0.336 e. The van der Waals surface area contributed by atoms with E-state index >= 15 is 0 Å². The first-order valence-electron chi connectivity index (χ1n) is 5.79. The van der Waals surface area contributed by atoms with E-state index in [1.165, 1.54) is 18.2 Å². The van der Waals surface area contributed by atoms with Crippen molar-refractivity contribution in [2.75, 3.05) is 6.54 Å². The van der Waals surface area contributed by atoms with Crippen molar-refractivity contribution in [1.82, 2.24) is 14.7 Å². The first-order valence-corrected chi connectivity index (χ1v) is 7.28. The fourth-order valence-corrected chi connectivity index (χ4v) is 2.73. The van der Waals surface area contributed by atoms with Gasteiger partial charge < -0.3 is 20.2 Å². The van der Waals surface area contributed by atoms with Crippen molar-refractivity contribution in [2.45, 2.75) is 17.4 Å². The number of hydrogen-bond acceptors (Lipinski definition) is 5. The van der Waals surface area contributed by atoms with Crippen LogP contribution in [0.15, 0.2) is 27.9 Å². The summed E-state index contributed by atoms with van der Waals surface area (Å²) in [6.07, 6.45) is 0. The highest BCUT2D eigenvalue weighted by Crippen LogP contribution is 2.15. The molecule has 1 atom stereocenters. The van der Waals surface area contributed by atoms with E-state index in [0.29, 0.717) is 11.0 Å². The van der Waals surface area contributed by atoms with Crippen LogP contribution in [0.4, 0.5) is 0 Å². The first kappa shape index (κ1) is 15.2. The van der Waals surface area contributed by atoms with Crippen LogP contribution in [0.5, 0.6) is 0 Å². The number of aromatic amines is 2. The zero-order valence-corrected chi connectivity index (χ0v) is 11.7. The molecule has 2 aromatic rings. The number of imidazole rings is 1. The predicted octanol–water partition coefficient (Wildman–Crippen LogP) is -1.03. The van der Waals surface area contributed by atoms with Crippen LogP contribution < -0.4 is 10.4 Å². The lowest BCUT2D eigenvalue weighted by Gasteiger charge is -2.18. The van der Waals surface area contributed by atoms with Crippen molar-refractivity contribution in [3.8, 4) is 0 Å². The van der Waals surface area contributed by atoms with Crippen LogP contribution in [-0.2, 0) is 14.8 Å². The molecule has 0 aliphatic rings. The molecule has 1 aromatic carbocycles. The number of hydrogen-bond donors (Lipinski definition) is 5. The van der Waals surface area contributed by atoms with Gasteiger partial charge in [0.1, 0.15) is 0 Å². The fraction of sp³-hybridized carbons (Fsp3) is 0.273. The van der Waals surface area contributed by atoms with Crippen molar-refractivity contribution in [3.05, 3.63) is 28.7 Å². The normalized spacial score (nSPS) is 15.0. The standard InChI is InChI=1S/C11H13N3O6S/c1-11(18,9(15)16)5-12-21(19,20)6-2-3-7-8(4-6)14-10(17)13-7/h2-4,12,18H,5H2,1H3,(H,15,16)(H2,13,14,17). The van der Waals surface area contributed by atoms with E-state index in [9.17, 15) is 23.1 Å². The van der Waals surface area contributed by atoms with Crippen LogP contribution in [0, 0.1) is 0 Å². The van der Waals surface area contributed by atoms with E-state index < -0.39 is 33.8 Å². The Labute approximate surface area is 118 Å². The fourth-order valence-electron chi connectivity index (χ4n) is 1.57. The van der Waals surface area contributed by atoms with Crippen LogP contribution in [0.25, 0.3) is 11.0 Å². The van der Waals surface area contributed by atoms with Gasteiger partial charge >= 0.3 is 11.7 Å². The monoisotopic (exact) mass is 315 g/mol. The summed E-state index contributed by atoms with van der Waals surface area (Å²) in [6, 6.07) is 3.88. The predicted molar refractivity (Wildman–Crippen MR) is 72.4 cm³/mol. The number of rotatable bonds is 5. The van der Waals surface area contributed by atoms with E-state index in [4.69, 9.17) is 5.11 Å². The van der Waals surface area contributed by atoms with Gasteiger partial charge in [0.15, 0.2) is 5.60 Å². The number of carboxylic acids is 1. The lowest BCUT2D eigenvalue weighted by atomic mass is 10.1. The minimum Gasteiger partial charge on any atom is -0.479 e. The van der Waals surface area contributed by atoms with Gasteiger partial charge in [-0.15, -0.1) is 0 Å². The van der Waals surface area contributed by atoms with Crippen LogP contribution in [0.3, 0.4) is 0 Å². The molecule has 0 saturated carbocycles. The summed E-state index contributed by atoms with van der Waals surface area (Å²) in [5, 5.41) is 18.2. The number of H-pyrrole nitrogens is 2. The maximum atomic E-state index is 12.0. The highest BCUT2D eigenvalue weighted by Gasteiger charge is 2.31. The molecular weight excluding hydrogens is 302 g/mol. The number of aliphatic hydroxyl groups is 1. The van der Waals surface area contributed by atoms with Gasteiger partial charge in [-0.3, -0.25) is 0 Å². The van der Waals surface area contributed by atoms with E-state index in [0.717, 1.165) is 6.92 Å². The first-order chi connectivity index (χ1) is 9.62. The Hall–Kier alpha value is -2.17. The molecule has 1 unspecified atom stereocenters. The average Bonchev–Trinajstić information content (AvgIpc) is 2.75. The number of carboxylic acid groups (broad SMARTS) is 1. The topological polar surface area (TPSA) is 152 Å². The Kier molecular flexibility index (Phi) is 3.61. The van der Waals surface area contributed by atoms with Gasteiger partial charge in [-0.05, 0) is 25.1 Å². The van der Waals surface area contributed by atoms with Gasteiger partial charge in [-0.2, -0.15) is 0 Å². The summed E-state index contributed by atoms with van der Waals surface area (Å²) in [5.41, 5.74) is -1.95. The summed E-state index contributed by atoms with van der Waals surface area (Å²) < 4.78 is 26.1. The summed E-state index contributed by atoms with van der Waals surface area (Å²) in [5.74, 6) is -1.55. The Morgan fingerprint density at radius 3 is 2.57 bits per heavy atom. The quantitative estimate of drug-likeness (QED) is 0.475. The van der Waals surface area contributed by atoms with Crippen molar-refractivity contribution >= 4 is 27.0 Å². The second-order valence-corrected chi connectivity index (χ2v) is 6.46. The number of fused-ring (bicyclic) bond motifs is 1. The molecule has 0 fully saturated rings. The molecular formula is C11H13N3O6S. The van der Waals surface area contributed by atoms with E-state index in [1.807, 2.05) is 4.72 Å². The maximum Gasteiger partial charge on any atom is 0.336 e. The van der Waals surface area contributed by atoms with Crippen LogP contribution in [-0.4, -0.2) is 46.7 Å². The summed E-state index contributed by atoms with van der Waals surface area (Å²) in [7, 11) is -4.02. The number of nitrogens with one attached hydrogen (secondary N) is 3. The molecule has 1 heterocycles. The Morgan fingerprint density at radius 1 is 1.33 bits per heavy atom. The summed E-state index contributed by atoms with van der Waals surface area (Å²) in [4.78, 5) is 26.5. The molecule has 0 spiro atoms. The molecule has 0 aliphatic heterocycles. The van der Waals surface area contributed by atoms with E-state index in [-0.39, 0.29) is 4.90 Å². The van der Waals surface area contributed by atoms with Gasteiger partial charge in [0.2, 0.25) is 10.0 Å². The highest BCUT2D eigenvalue weighted by atomic mass is 32.2. The molecule has 2 rings (SSSR count). The molecule has 0 bridgehead atoms. The lowest BCUT2D eigenvalue weighted by molar-refractivity contribution is -0.155. The SMILES string of the molecule is CC(O)(CNS(=O)(=O)c1ccc2[nH]c(=O)[nH]c2c1)C(=O)O. The third-order valence-electron chi connectivity index (χ3n) is 2.86. The van der Waals surface area contributed by atoms with E-state index in [2.05, 4.69) is 9.97 Å². The molecule has 1 aromatic heterocycles. The molecule has 0 aliphatic carbocycles. The second kappa shape index (κ2) is 4.98. The zero-order chi connectivity index (χ0) is 15.8. The van der Waals surface area contributed by atoms with Crippen molar-refractivity contribution in [3.63, 3.8) is 0 Å². The third kappa shape index (κ3) is 3.12. The molecule has 21 heavy (non-hydrogen) atoms. The summed E-state index contributed by atoms with van der Waals surface area (Å²) in [6.45, 7) is 0.289. The Bertz CT molecular complexity index is 848. The van der Waals surface area contributed by atoms with Gasteiger partial charge in [0, 0.05) is 0 Å². The molecule has 10 heteroatoms. The number of aromatic nitrogens is 2. The summed E-state index contributed by atoms with van der Waals surface area (Å²) >= 11 is 0. The molecule has 114 valence electrons. The molecule has 5 N–H and O–H groups in total. The van der Waals surface area contributed by atoms with Gasteiger partial charge in [0.25, 0.3) is 0 Å². The average molecular weight is 315 g/mol. The second-order valence-electron chi connectivity index (χ2n) is 4.69. The van der Waals surface area contributed by atoms with E-state index in [1.54, 1.807) is 0 Å². The lowest BCUT2D eigenvalue weighted by Crippen LogP contribution is -2.46. The minimum atomic E-state index is -4.02. The Morgan fingerprint density at radius 2 is 1.95 bits per heavy atom. The number of benzene rings is 1. The number of carbonyl (C=O) groups is 1.